The maximum Gasteiger partial charge on any atom is 0.255 e. The van der Waals surface area contributed by atoms with E-state index in [9.17, 15) is 31.9 Å². The molecule has 0 unspecified atom stereocenters. The highest BCUT2D eigenvalue weighted by Gasteiger charge is 2.25. The van der Waals surface area contributed by atoms with Gasteiger partial charge in [-0.1, -0.05) is 0 Å². The van der Waals surface area contributed by atoms with Crippen LogP contribution in [0.15, 0.2) is 54.6 Å². The Morgan fingerprint density at radius 1 is 0.619 bits per heavy atom. The molecule has 42 heavy (non-hydrogen) atoms. The summed E-state index contributed by atoms with van der Waals surface area (Å²) in [5, 5.41) is 5.90. The van der Waals surface area contributed by atoms with E-state index in [-0.39, 0.29) is 29.3 Å². The molecule has 0 aliphatic carbocycles. The topological polar surface area (TPSA) is 85.0 Å². The number of carbonyl (C=O) groups is 3. The molecule has 3 aromatic rings. The molecule has 2 N–H and O–H groups in total. The average molecular weight is 584 g/mol. The van der Waals surface area contributed by atoms with Crippen LogP contribution in [0, 0.1) is 23.3 Å². The Hall–Kier alpha value is -4.45. The lowest BCUT2D eigenvalue weighted by Crippen LogP contribution is -2.46. The zero-order valence-electron chi connectivity index (χ0n) is 22.6. The van der Waals surface area contributed by atoms with Crippen molar-refractivity contribution in [1.82, 2.24) is 15.1 Å². The summed E-state index contributed by atoms with van der Waals surface area (Å²) in [7, 11) is 0. The van der Waals surface area contributed by atoms with Crippen molar-refractivity contribution in [3.8, 4) is 0 Å². The minimum atomic E-state index is -0.904. The Bertz CT molecular complexity index is 1470. The van der Waals surface area contributed by atoms with Crippen LogP contribution in [-0.2, 0) is 0 Å². The molecule has 2 heterocycles. The minimum Gasteiger partial charge on any atom is -0.368 e. The quantitative estimate of drug-likeness (QED) is 0.446. The van der Waals surface area contributed by atoms with Gasteiger partial charge in [-0.25, -0.2) is 17.6 Å². The van der Waals surface area contributed by atoms with Crippen LogP contribution < -0.4 is 15.5 Å². The summed E-state index contributed by atoms with van der Waals surface area (Å²) >= 11 is 0. The molecule has 12 heteroatoms. The van der Waals surface area contributed by atoms with E-state index in [2.05, 4.69) is 10.6 Å². The largest absolute Gasteiger partial charge is 0.368 e. The van der Waals surface area contributed by atoms with Crippen LogP contribution >= 0.6 is 0 Å². The number of hydrogen-bond donors (Lipinski definition) is 2. The summed E-state index contributed by atoms with van der Waals surface area (Å²) in [6, 6.07) is 10.1. The summed E-state index contributed by atoms with van der Waals surface area (Å²) in [5.41, 5.74) is 0.821. The Morgan fingerprint density at radius 2 is 1.19 bits per heavy atom. The number of nitrogens with one attached hydrogen (secondary N) is 2. The van der Waals surface area contributed by atoms with E-state index in [4.69, 9.17) is 0 Å². The second-order valence-corrected chi connectivity index (χ2v) is 10.2. The molecule has 2 aliphatic heterocycles. The molecule has 2 aliphatic rings. The summed E-state index contributed by atoms with van der Waals surface area (Å²) in [6.45, 7) is 3.69. The fourth-order valence-electron chi connectivity index (χ4n) is 5.20. The average Bonchev–Trinajstić information content (AvgIpc) is 3.22. The van der Waals surface area contributed by atoms with Gasteiger partial charge in [0.25, 0.3) is 17.7 Å². The first-order valence-corrected chi connectivity index (χ1v) is 13.6. The summed E-state index contributed by atoms with van der Waals surface area (Å²) < 4.78 is 55.1. The third-order valence-electron chi connectivity index (χ3n) is 7.25. The van der Waals surface area contributed by atoms with E-state index >= 15 is 0 Å². The third kappa shape index (κ3) is 6.71. The molecular weight excluding hydrogens is 554 g/mol. The lowest BCUT2D eigenvalue weighted by atomic mass is 10.1. The molecule has 0 spiro atoms. The molecule has 3 amide bonds. The number of benzene rings is 3. The first kappa shape index (κ1) is 29.1. The number of piperazine rings is 1. The number of amides is 3. The van der Waals surface area contributed by atoms with E-state index in [0.29, 0.717) is 75.6 Å². The van der Waals surface area contributed by atoms with Crippen molar-refractivity contribution in [3.63, 3.8) is 0 Å². The van der Waals surface area contributed by atoms with Crippen molar-refractivity contribution in [1.29, 1.82) is 0 Å². The number of hydrogen-bond acceptors (Lipinski definition) is 5. The zero-order valence-corrected chi connectivity index (χ0v) is 22.6. The molecule has 0 saturated carbocycles. The first-order chi connectivity index (χ1) is 20.2. The van der Waals surface area contributed by atoms with Gasteiger partial charge in [-0.15, -0.1) is 0 Å². The number of carbonyl (C=O) groups excluding carboxylic acids is 3. The van der Waals surface area contributed by atoms with Crippen molar-refractivity contribution in [2.75, 3.05) is 62.6 Å². The number of nitrogens with zero attached hydrogens (tertiary/aromatic N) is 3. The number of anilines is 2. The van der Waals surface area contributed by atoms with E-state index in [1.54, 1.807) is 17.0 Å². The Kier molecular flexibility index (Phi) is 8.72. The van der Waals surface area contributed by atoms with Crippen molar-refractivity contribution in [2.24, 2.45) is 0 Å². The molecule has 0 aromatic heterocycles. The third-order valence-corrected chi connectivity index (χ3v) is 7.25. The van der Waals surface area contributed by atoms with Crippen LogP contribution in [-0.4, -0.2) is 79.9 Å². The standard InChI is InChI=1S/C30H29F4N5O3/c31-22-12-20(13-23(32)17-22)28(40)36-26-16-19(29(41)39-8-4-35-5-9-39)2-3-27(26)37-6-1-7-38(11-10-37)30(42)21-14-24(33)18-25(34)15-21/h2-3,12-18,35H,1,4-11H2,(H,36,40). The van der Waals surface area contributed by atoms with E-state index < -0.39 is 35.1 Å². The predicted molar refractivity (Wildman–Crippen MR) is 149 cm³/mol. The van der Waals surface area contributed by atoms with Gasteiger partial charge >= 0.3 is 0 Å². The SMILES string of the molecule is O=C(Nc1cc(C(=O)N2CCNCC2)ccc1N1CCCN(C(=O)c2cc(F)cc(F)c2)CC1)c1cc(F)cc(F)c1. The predicted octanol–water partition coefficient (Wildman–Crippen LogP) is 3.89. The Morgan fingerprint density at radius 3 is 1.83 bits per heavy atom. The molecule has 0 bridgehead atoms. The second-order valence-electron chi connectivity index (χ2n) is 10.2. The van der Waals surface area contributed by atoms with Crippen molar-refractivity contribution in [2.45, 2.75) is 6.42 Å². The van der Waals surface area contributed by atoms with Gasteiger partial charge < -0.3 is 25.3 Å². The van der Waals surface area contributed by atoms with E-state index in [1.807, 2.05) is 4.90 Å². The van der Waals surface area contributed by atoms with Gasteiger partial charge in [-0.2, -0.15) is 0 Å². The highest BCUT2D eigenvalue weighted by atomic mass is 19.1. The van der Waals surface area contributed by atoms with E-state index in [1.165, 1.54) is 11.0 Å². The van der Waals surface area contributed by atoms with Crippen molar-refractivity contribution in [3.05, 3.63) is 94.6 Å². The van der Waals surface area contributed by atoms with Crippen LogP contribution in [0.1, 0.15) is 37.5 Å². The number of rotatable bonds is 5. The van der Waals surface area contributed by atoms with Crippen LogP contribution in [0.5, 0.6) is 0 Å². The first-order valence-electron chi connectivity index (χ1n) is 13.6. The molecule has 0 radical (unpaired) electrons. The number of halogens is 4. The minimum absolute atomic E-state index is 0.0907. The molecule has 3 aromatic carbocycles. The zero-order chi connectivity index (χ0) is 29.8. The normalized spacial score (nSPS) is 15.8. The summed E-state index contributed by atoms with van der Waals surface area (Å²) in [6.07, 6.45) is 0.507. The monoisotopic (exact) mass is 583 g/mol. The van der Waals surface area contributed by atoms with Gasteiger partial charge in [-0.3, -0.25) is 14.4 Å². The Balaban J connectivity index is 1.41. The van der Waals surface area contributed by atoms with Gasteiger partial charge in [0.15, 0.2) is 0 Å². The van der Waals surface area contributed by atoms with Crippen molar-refractivity contribution < 1.29 is 31.9 Å². The van der Waals surface area contributed by atoms with Gasteiger partial charge in [0, 0.05) is 81.2 Å². The highest BCUT2D eigenvalue weighted by Crippen LogP contribution is 2.30. The maximum atomic E-state index is 13.8. The lowest BCUT2D eigenvalue weighted by Gasteiger charge is -2.29. The Labute approximate surface area is 239 Å². The second kappa shape index (κ2) is 12.6. The molecule has 2 saturated heterocycles. The summed E-state index contributed by atoms with van der Waals surface area (Å²) in [4.78, 5) is 44.4. The van der Waals surface area contributed by atoms with E-state index in [0.717, 1.165) is 24.3 Å². The molecule has 0 atom stereocenters. The van der Waals surface area contributed by atoms with Gasteiger partial charge in [-0.05, 0) is 48.9 Å². The molecule has 220 valence electrons. The van der Waals surface area contributed by atoms with Gasteiger partial charge in [0.2, 0.25) is 0 Å². The van der Waals surface area contributed by atoms with Gasteiger partial charge in [0.05, 0.1) is 11.4 Å². The summed E-state index contributed by atoms with van der Waals surface area (Å²) in [5.74, 6) is -4.98. The van der Waals surface area contributed by atoms with Crippen LogP contribution in [0.4, 0.5) is 28.9 Å². The molecular formula is C30H29F4N5O3. The highest BCUT2D eigenvalue weighted by molar-refractivity contribution is 6.07. The van der Waals surface area contributed by atoms with Crippen molar-refractivity contribution >= 4 is 29.1 Å². The maximum absolute atomic E-state index is 13.8. The molecule has 5 rings (SSSR count). The molecule has 8 nitrogen and oxygen atoms in total. The lowest BCUT2D eigenvalue weighted by molar-refractivity contribution is 0.0734. The van der Waals surface area contributed by atoms with Crippen LogP contribution in [0.25, 0.3) is 0 Å². The fraction of sp³-hybridized carbons (Fsp3) is 0.300. The molecule has 2 fully saturated rings. The van der Waals surface area contributed by atoms with Gasteiger partial charge in [0.1, 0.15) is 23.3 Å². The smallest absolute Gasteiger partial charge is 0.255 e. The fourth-order valence-corrected chi connectivity index (χ4v) is 5.20. The van der Waals surface area contributed by atoms with Crippen LogP contribution in [0.3, 0.4) is 0 Å². The van der Waals surface area contributed by atoms with Crippen LogP contribution in [0.2, 0.25) is 0 Å².